The highest BCUT2D eigenvalue weighted by atomic mass is 32.2. The van der Waals surface area contributed by atoms with Crippen molar-refractivity contribution in [3.63, 3.8) is 0 Å². The molecule has 0 atom stereocenters. The Labute approximate surface area is 197 Å². The van der Waals surface area contributed by atoms with E-state index in [-0.39, 0.29) is 10.6 Å². The molecule has 0 aliphatic heterocycles. The maximum atomic E-state index is 12.5. The molecule has 0 aliphatic rings. The fourth-order valence-electron chi connectivity index (χ4n) is 3.35. The van der Waals surface area contributed by atoms with Gasteiger partial charge in [-0.1, -0.05) is 0 Å². The summed E-state index contributed by atoms with van der Waals surface area (Å²) in [7, 11) is -1.15. The Morgan fingerprint density at radius 3 is 2.53 bits per heavy atom. The number of esters is 1. The lowest BCUT2D eigenvalue weighted by Crippen LogP contribution is -2.31. The predicted molar refractivity (Wildman–Crippen MR) is 124 cm³/mol. The Kier molecular flexibility index (Phi) is 9.29. The Bertz CT molecular complexity index is 1170. The first-order valence-electron chi connectivity index (χ1n) is 10.3. The summed E-state index contributed by atoms with van der Waals surface area (Å²) in [6.07, 6.45) is 0.774. The molecule has 2 rings (SSSR count). The molecular weight excluding hydrogens is 468 g/mol. The van der Waals surface area contributed by atoms with Crippen molar-refractivity contribution in [3.05, 3.63) is 51.3 Å². The van der Waals surface area contributed by atoms with Gasteiger partial charge in [-0.05, 0) is 38.5 Å². The van der Waals surface area contributed by atoms with Crippen molar-refractivity contribution in [1.29, 1.82) is 0 Å². The topological polar surface area (TPSA) is 159 Å². The first-order valence-corrected chi connectivity index (χ1v) is 11.8. The number of benzene rings is 1. The van der Waals surface area contributed by atoms with Gasteiger partial charge in [0.05, 0.1) is 9.82 Å². The van der Waals surface area contributed by atoms with Gasteiger partial charge in [0.25, 0.3) is 5.69 Å². The number of ketones is 1. The Morgan fingerprint density at radius 1 is 1.21 bits per heavy atom. The molecule has 0 radical (unpaired) electrons. The number of carbonyl (C=O) groups excluding carboxylic acids is 2. The number of aromatic nitrogens is 1. The van der Waals surface area contributed by atoms with Crippen LogP contribution >= 0.6 is 0 Å². The number of nitro benzene ring substituents is 1. The third-order valence-corrected chi connectivity index (χ3v) is 6.52. The maximum absolute atomic E-state index is 12.5. The third-order valence-electron chi connectivity index (χ3n) is 5.12. The minimum Gasteiger partial charge on any atom is -0.456 e. The quantitative estimate of drug-likeness (QED) is 0.139. The summed E-state index contributed by atoms with van der Waals surface area (Å²) in [5.74, 6) is -1.38. The number of hydrogen-bond acceptors (Lipinski definition) is 9. The van der Waals surface area contributed by atoms with Gasteiger partial charge in [-0.25, -0.2) is 8.42 Å². The molecule has 0 unspecified atom stereocenters. The number of sulfonamides is 1. The zero-order valence-electron chi connectivity index (χ0n) is 19.4. The molecule has 0 aliphatic carbocycles. The molecule has 34 heavy (non-hydrogen) atoms. The van der Waals surface area contributed by atoms with Crippen LogP contribution in [0.5, 0.6) is 0 Å². The molecule has 2 N–H and O–H groups in total. The van der Waals surface area contributed by atoms with Crippen LogP contribution in [0, 0.1) is 24.0 Å². The smallest absolute Gasteiger partial charge is 0.321 e. The van der Waals surface area contributed by atoms with Gasteiger partial charge in [0, 0.05) is 50.3 Å². The lowest BCUT2D eigenvalue weighted by atomic mass is 10.1. The van der Waals surface area contributed by atoms with Crippen molar-refractivity contribution >= 4 is 33.2 Å². The number of methoxy groups -OCH3 is 1. The van der Waals surface area contributed by atoms with Gasteiger partial charge in [0.15, 0.2) is 6.61 Å². The van der Waals surface area contributed by atoms with Crippen molar-refractivity contribution in [2.45, 2.75) is 31.7 Å². The van der Waals surface area contributed by atoms with Gasteiger partial charge in [-0.2, -0.15) is 4.72 Å². The molecule has 0 bridgehead atoms. The van der Waals surface area contributed by atoms with Crippen LogP contribution in [0.25, 0.3) is 0 Å². The van der Waals surface area contributed by atoms with E-state index in [1.165, 1.54) is 19.2 Å². The summed E-state index contributed by atoms with van der Waals surface area (Å²) in [5.41, 5.74) is 1.75. The first kappa shape index (κ1) is 27.0. The fraction of sp³-hybridized carbons (Fsp3) is 0.429. The molecule has 1 aromatic carbocycles. The fourth-order valence-corrected chi connectivity index (χ4v) is 4.34. The van der Waals surface area contributed by atoms with Gasteiger partial charge in [-0.3, -0.25) is 19.7 Å². The summed E-state index contributed by atoms with van der Waals surface area (Å²) in [6.45, 7) is 3.62. The Hall–Kier alpha value is -3.29. The average molecular weight is 497 g/mol. The monoisotopic (exact) mass is 496 g/mol. The molecule has 186 valence electrons. The molecule has 0 saturated carbocycles. The normalized spacial score (nSPS) is 11.3. The van der Waals surface area contributed by atoms with E-state index in [1.807, 2.05) is 16.2 Å². The van der Waals surface area contributed by atoms with Crippen molar-refractivity contribution in [2.24, 2.45) is 0 Å². The van der Waals surface area contributed by atoms with E-state index in [9.17, 15) is 28.1 Å². The Balaban J connectivity index is 1.97. The van der Waals surface area contributed by atoms with Crippen LogP contribution in [0.15, 0.2) is 29.2 Å². The SMILES string of the molecule is CNc1ccc(S(=O)(=O)NCC(=O)OCC(=O)c2cc(C)n(CCCOC)c2C)cc1[N+](=O)[O-]. The molecular formula is C21H28N4O8S. The van der Waals surface area contributed by atoms with Gasteiger partial charge in [0.2, 0.25) is 15.8 Å². The second kappa shape index (κ2) is 11.7. The van der Waals surface area contributed by atoms with Crippen molar-refractivity contribution in [2.75, 3.05) is 39.2 Å². The van der Waals surface area contributed by atoms with E-state index in [0.29, 0.717) is 18.7 Å². The Morgan fingerprint density at radius 2 is 1.91 bits per heavy atom. The summed E-state index contributed by atoms with van der Waals surface area (Å²) in [5, 5.41) is 13.7. The van der Waals surface area contributed by atoms with Crippen molar-refractivity contribution < 1.29 is 32.4 Å². The summed E-state index contributed by atoms with van der Waals surface area (Å²) < 4.78 is 38.8. The molecule has 0 saturated heterocycles. The summed E-state index contributed by atoms with van der Waals surface area (Å²) in [6, 6.07) is 5.00. The average Bonchev–Trinajstić information content (AvgIpc) is 3.09. The zero-order chi connectivity index (χ0) is 25.5. The zero-order valence-corrected chi connectivity index (χ0v) is 20.2. The lowest BCUT2D eigenvalue weighted by molar-refractivity contribution is -0.384. The number of aryl methyl sites for hydroxylation is 1. The maximum Gasteiger partial charge on any atom is 0.321 e. The number of ether oxygens (including phenoxy) is 2. The molecule has 12 nitrogen and oxygen atoms in total. The standard InChI is InChI=1S/C21H28N4O8S/c1-14-10-17(15(2)24(14)8-5-9-32-4)20(26)13-33-21(27)12-23-34(30,31)16-6-7-18(22-3)19(11-16)25(28)29/h6-7,10-11,22-23H,5,8-9,12-13H2,1-4H3. The van der Waals surface area contributed by atoms with Gasteiger partial charge >= 0.3 is 5.97 Å². The lowest BCUT2D eigenvalue weighted by Gasteiger charge is -2.10. The van der Waals surface area contributed by atoms with Gasteiger partial charge < -0.3 is 19.4 Å². The predicted octanol–water partition coefficient (Wildman–Crippen LogP) is 1.80. The van der Waals surface area contributed by atoms with Crippen LogP contribution in [0.1, 0.15) is 28.2 Å². The van der Waals surface area contributed by atoms with E-state index in [0.717, 1.165) is 23.9 Å². The van der Waals surface area contributed by atoms with Crippen LogP contribution in [0.4, 0.5) is 11.4 Å². The van der Waals surface area contributed by atoms with E-state index >= 15 is 0 Å². The number of nitrogens with zero attached hydrogens (tertiary/aromatic N) is 2. The van der Waals surface area contributed by atoms with E-state index in [4.69, 9.17) is 9.47 Å². The van der Waals surface area contributed by atoms with Crippen LogP contribution < -0.4 is 10.0 Å². The second-order valence-electron chi connectivity index (χ2n) is 7.38. The van der Waals surface area contributed by atoms with Crippen LogP contribution in [0.2, 0.25) is 0 Å². The third kappa shape index (κ3) is 6.62. The van der Waals surface area contributed by atoms with Gasteiger partial charge in [-0.15, -0.1) is 0 Å². The van der Waals surface area contributed by atoms with E-state index < -0.39 is 45.5 Å². The number of hydrogen-bond donors (Lipinski definition) is 2. The molecule has 1 heterocycles. The molecule has 2 aromatic rings. The molecule has 0 amide bonds. The highest BCUT2D eigenvalue weighted by molar-refractivity contribution is 7.89. The molecule has 1 aromatic heterocycles. The number of anilines is 1. The number of rotatable bonds is 13. The minimum atomic E-state index is -4.23. The van der Waals surface area contributed by atoms with E-state index in [2.05, 4.69) is 5.32 Å². The van der Waals surface area contributed by atoms with Crippen molar-refractivity contribution in [3.8, 4) is 0 Å². The number of nitrogens with one attached hydrogen (secondary N) is 2. The second-order valence-corrected chi connectivity index (χ2v) is 9.14. The molecule has 13 heteroatoms. The number of Topliss-reactive ketones (excluding diaryl/α,β-unsaturated/α-hetero) is 1. The van der Waals surface area contributed by atoms with Crippen LogP contribution in [-0.4, -0.2) is 63.6 Å². The minimum absolute atomic E-state index is 0.139. The highest BCUT2D eigenvalue weighted by Crippen LogP contribution is 2.27. The van der Waals surface area contributed by atoms with Crippen LogP contribution in [0.3, 0.4) is 0 Å². The number of nitro groups is 1. The highest BCUT2D eigenvalue weighted by Gasteiger charge is 2.23. The summed E-state index contributed by atoms with van der Waals surface area (Å²) >= 11 is 0. The molecule has 0 fully saturated rings. The first-order chi connectivity index (χ1) is 16.0. The van der Waals surface area contributed by atoms with Crippen molar-refractivity contribution in [1.82, 2.24) is 9.29 Å². The number of carbonyl (C=O) groups is 2. The van der Waals surface area contributed by atoms with E-state index in [1.54, 1.807) is 20.1 Å². The molecule has 0 spiro atoms. The summed E-state index contributed by atoms with van der Waals surface area (Å²) in [4.78, 5) is 34.6. The van der Waals surface area contributed by atoms with Gasteiger partial charge in [0.1, 0.15) is 12.2 Å². The van der Waals surface area contributed by atoms with Crippen LogP contribution in [-0.2, 0) is 30.8 Å². The largest absolute Gasteiger partial charge is 0.456 e.